The van der Waals surface area contributed by atoms with Crippen LogP contribution in [0.25, 0.3) is 0 Å². The van der Waals surface area contributed by atoms with Crippen LogP contribution in [0.1, 0.15) is 16.7 Å². The number of aromatic hydroxyl groups is 1. The van der Waals surface area contributed by atoms with Crippen molar-refractivity contribution >= 4 is 40.7 Å². The number of esters is 1. The molecule has 0 radical (unpaired) electrons. The highest BCUT2D eigenvalue weighted by Crippen LogP contribution is 2.31. The summed E-state index contributed by atoms with van der Waals surface area (Å²) in [7, 11) is 1.19. The number of carbonyl (C=O) groups excluding carboxylic acids is 2. The largest absolute Gasteiger partial charge is 0.507 e. The number of amidine groups is 1. The minimum absolute atomic E-state index is 0.0935. The maximum absolute atomic E-state index is 11.7. The summed E-state index contributed by atoms with van der Waals surface area (Å²) in [4.78, 5) is 33.5. The van der Waals surface area contributed by atoms with Gasteiger partial charge >= 0.3 is 5.97 Å². The fraction of sp³-hybridized carbons (Fsp3) is 0.200. The van der Waals surface area contributed by atoms with Gasteiger partial charge in [-0.2, -0.15) is 5.10 Å². The van der Waals surface area contributed by atoms with Crippen molar-refractivity contribution in [2.45, 2.75) is 13.8 Å². The number of amides is 1. The minimum atomic E-state index is -0.681. The summed E-state index contributed by atoms with van der Waals surface area (Å²) in [5, 5.41) is 31.2. The molecule has 1 amide bonds. The van der Waals surface area contributed by atoms with Crippen molar-refractivity contribution in [2.24, 2.45) is 10.2 Å². The maximum atomic E-state index is 11.7. The van der Waals surface area contributed by atoms with Crippen LogP contribution in [0.2, 0.25) is 0 Å². The Morgan fingerprint density at radius 3 is 2.77 bits per heavy atom. The molecule has 0 spiro atoms. The number of thioether (sulfide) groups is 1. The van der Waals surface area contributed by atoms with Gasteiger partial charge in [0.2, 0.25) is 0 Å². The van der Waals surface area contributed by atoms with E-state index >= 15 is 0 Å². The van der Waals surface area contributed by atoms with E-state index in [4.69, 9.17) is 0 Å². The summed E-state index contributed by atoms with van der Waals surface area (Å²) in [5.41, 5.74) is 0.557. The number of nitrogens with zero attached hydrogens (tertiary/aromatic N) is 3. The molecule has 0 atom stereocenters. The molecular weight excluding hydrogens is 364 g/mol. The van der Waals surface area contributed by atoms with Gasteiger partial charge in [-0.05, 0) is 31.2 Å². The van der Waals surface area contributed by atoms with E-state index in [1.165, 1.54) is 27.0 Å². The summed E-state index contributed by atoms with van der Waals surface area (Å²) in [6, 6.07) is 1.27. The van der Waals surface area contributed by atoms with Crippen molar-refractivity contribution in [1.29, 1.82) is 0 Å². The second-order valence-corrected chi connectivity index (χ2v) is 6.13. The molecule has 1 saturated heterocycles. The van der Waals surface area contributed by atoms with Crippen LogP contribution in [0.4, 0.5) is 5.69 Å². The lowest BCUT2D eigenvalue weighted by Gasteiger charge is -2.07. The van der Waals surface area contributed by atoms with Crippen molar-refractivity contribution in [2.75, 3.05) is 7.11 Å². The summed E-state index contributed by atoms with van der Waals surface area (Å²) in [6.45, 7) is 3.01. The smallest absolute Gasteiger partial charge is 0.331 e. The van der Waals surface area contributed by atoms with Gasteiger partial charge in [0.15, 0.2) is 5.17 Å². The molecule has 0 bridgehead atoms. The van der Waals surface area contributed by atoms with Gasteiger partial charge in [0.1, 0.15) is 5.75 Å². The zero-order valence-corrected chi connectivity index (χ0v) is 14.8. The minimum Gasteiger partial charge on any atom is -0.507 e. The zero-order chi connectivity index (χ0) is 19.4. The van der Waals surface area contributed by atoms with Crippen molar-refractivity contribution in [3.63, 3.8) is 0 Å². The topological polar surface area (TPSA) is 143 Å². The third kappa shape index (κ3) is 4.06. The summed E-state index contributed by atoms with van der Waals surface area (Å²) >= 11 is 0.882. The van der Waals surface area contributed by atoms with Gasteiger partial charge in [-0.3, -0.25) is 20.2 Å². The highest BCUT2D eigenvalue weighted by Gasteiger charge is 2.25. The third-order valence-corrected chi connectivity index (χ3v) is 4.30. The van der Waals surface area contributed by atoms with Crippen LogP contribution in [0, 0.1) is 24.0 Å². The van der Waals surface area contributed by atoms with E-state index in [0.29, 0.717) is 5.56 Å². The maximum Gasteiger partial charge on any atom is 0.331 e. The Kier molecular flexibility index (Phi) is 5.72. The molecule has 0 unspecified atom stereocenters. The predicted octanol–water partition coefficient (Wildman–Crippen LogP) is 1.53. The van der Waals surface area contributed by atoms with Crippen LogP contribution in [-0.2, 0) is 14.3 Å². The number of hydrogen-bond donors (Lipinski definition) is 2. The quantitative estimate of drug-likeness (QED) is 0.266. The Balaban J connectivity index is 2.28. The standard InChI is InChI=1S/C15H14N4O6S/c1-7-4-10(19(23)24)8(2)9(13(7)21)6-16-18-15-17-14(22)11(26-15)5-12(20)25-3/h4-6,21H,1-3H3,(H,17,18,22)/b11-5+,16-6?. The van der Waals surface area contributed by atoms with E-state index in [-0.39, 0.29) is 32.6 Å². The fourth-order valence-electron chi connectivity index (χ4n) is 2.04. The number of phenolic OH excluding ortho intramolecular Hbond substituents is 1. The van der Waals surface area contributed by atoms with Crippen LogP contribution in [0.15, 0.2) is 27.3 Å². The summed E-state index contributed by atoms with van der Waals surface area (Å²) in [6.07, 6.45) is 2.18. The van der Waals surface area contributed by atoms with Gasteiger partial charge in [-0.15, -0.1) is 5.10 Å². The van der Waals surface area contributed by atoms with Crippen molar-refractivity contribution < 1.29 is 24.4 Å². The second-order valence-electron chi connectivity index (χ2n) is 5.09. The van der Waals surface area contributed by atoms with E-state index in [1.807, 2.05) is 0 Å². The molecule has 1 aromatic rings. The molecule has 1 aromatic carbocycles. The molecule has 1 aliphatic heterocycles. The second kappa shape index (κ2) is 7.78. The number of carbonyl (C=O) groups is 2. The lowest BCUT2D eigenvalue weighted by Crippen LogP contribution is -2.19. The average Bonchev–Trinajstić information content (AvgIpc) is 2.93. The first-order valence-electron chi connectivity index (χ1n) is 7.12. The van der Waals surface area contributed by atoms with Crippen LogP contribution in [-0.4, -0.2) is 40.4 Å². The van der Waals surface area contributed by atoms with E-state index in [9.17, 15) is 24.8 Å². The van der Waals surface area contributed by atoms with E-state index in [0.717, 1.165) is 24.1 Å². The number of rotatable bonds is 4. The van der Waals surface area contributed by atoms with E-state index in [2.05, 4.69) is 20.3 Å². The van der Waals surface area contributed by atoms with Crippen molar-refractivity contribution in [1.82, 2.24) is 5.32 Å². The number of ether oxygens (including phenoxy) is 1. The molecule has 0 aromatic heterocycles. The first-order valence-corrected chi connectivity index (χ1v) is 7.93. The number of nitro benzene ring substituents is 1. The van der Waals surface area contributed by atoms with Crippen LogP contribution in [0.3, 0.4) is 0 Å². The third-order valence-electron chi connectivity index (χ3n) is 3.40. The van der Waals surface area contributed by atoms with Crippen LogP contribution in [0.5, 0.6) is 5.75 Å². The molecule has 2 N–H and O–H groups in total. The molecule has 10 nitrogen and oxygen atoms in total. The van der Waals surface area contributed by atoms with Gasteiger partial charge in [0.05, 0.1) is 23.2 Å². The lowest BCUT2D eigenvalue weighted by atomic mass is 10.0. The number of aryl methyl sites for hydroxylation is 1. The normalized spacial score (nSPS) is 17.1. The summed E-state index contributed by atoms with van der Waals surface area (Å²) in [5.74, 6) is -1.36. The highest BCUT2D eigenvalue weighted by molar-refractivity contribution is 8.18. The molecule has 1 heterocycles. The van der Waals surface area contributed by atoms with Gasteiger partial charge in [0, 0.05) is 23.3 Å². The molecule has 2 rings (SSSR count). The average molecular weight is 378 g/mol. The van der Waals surface area contributed by atoms with Crippen LogP contribution >= 0.6 is 11.8 Å². The first kappa shape index (κ1) is 19.1. The Morgan fingerprint density at radius 1 is 1.46 bits per heavy atom. The lowest BCUT2D eigenvalue weighted by molar-refractivity contribution is -0.385. The SMILES string of the molecule is COC(=O)/C=C1/S/C(=N\N=Cc2c(C)c([N+](=O)[O-])cc(C)c2O)NC1=O. The number of phenols is 1. The molecule has 1 aliphatic rings. The molecule has 0 aliphatic carbocycles. The number of nitrogens with one attached hydrogen (secondary N) is 1. The van der Waals surface area contributed by atoms with Gasteiger partial charge < -0.3 is 9.84 Å². The predicted molar refractivity (Wildman–Crippen MR) is 95.1 cm³/mol. The Morgan fingerprint density at radius 2 is 2.15 bits per heavy atom. The van der Waals surface area contributed by atoms with Gasteiger partial charge in [-0.25, -0.2) is 4.79 Å². The van der Waals surface area contributed by atoms with Crippen molar-refractivity contribution in [3.05, 3.63) is 43.9 Å². The molecule has 26 heavy (non-hydrogen) atoms. The van der Waals surface area contributed by atoms with Gasteiger partial charge in [-0.1, -0.05) is 0 Å². The number of nitro groups is 1. The molecule has 11 heteroatoms. The Hall–Kier alpha value is -3.21. The van der Waals surface area contributed by atoms with Gasteiger partial charge in [0.25, 0.3) is 11.6 Å². The molecular formula is C15H14N4O6S. The Labute approximate surface area is 151 Å². The Bertz CT molecular complexity index is 891. The number of hydrogen-bond acceptors (Lipinski definition) is 9. The molecule has 0 saturated carbocycles. The molecule has 136 valence electrons. The zero-order valence-electron chi connectivity index (χ0n) is 14.0. The van der Waals surface area contributed by atoms with Crippen molar-refractivity contribution in [3.8, 4) is 5.75 Å². The summed E-state index contributed by atoms with van der Waals surface area (Å²) < 4.78 is 4.44. The number of methoxy groups -OCH3 is 1. The first-order chi connectivity index (χ1) is 12.2. The van der Waals surface area contributed by atoms with E-state index < -0.39 is 16.8 Å². The monoisotopic (exact) mass is 378 g/mol. The highest BCUT2D eigenvalue weighted by atomic mass is 32.2. The number of benzene rings is 1. The van der Waals surface area contributed by atoms with E-state index in [1.54, 1.807) is 0 Å². The fourth-order valence-corrected chi connectivity index (χ4v) is 2.78. The molecule has 1 fully saturated rings. The van der Waals surface area contributed by atoms with Crippen LogP contribution < -0.4 is 5.32 Å².